The predicted molar refractivity (Wildman–Crippen MR) is 94.4 cm³/mol. The largest absolute Gasteiger partial charge is 0.341 e. The van der Waals surface area contributed by atoms with Gasteiger partial charge in [-0.1, -0.05) is 19.8 Å². The summed E-state index contributed by atoms with van der Waals surface area (Å²) >= 11 is 0. The molecule has 2 saturated heterocycles. The highest BCUT2D eigenvalue weighted by molar-refractivity contribution is 5.76. The SMILES string of the molecule is CC(CC(=O)N1CCCN(C2CCCC2)CC1)C1CCNCC1. The summed E-state index contributed by atoms with van der Waals surface area (Å²) in [5.41, 5.74) is 0. The van der Waals surface area contributed by atoms with Crippen molar-refractivity contribution in [2.75, 3.05) is 39.3 Å². The van der Waals surface area contributed by atoms with Crippen LogP contribution in [0.4, 0.5) is 0 Å². The van der Waals surface area contributed by atoms with E-state index in [9.17, 15) is 4.79 Å². The maximum absolute atomic E-state index is 12.7. The molecule has 132 valence electrons. The number of amides is 1. The fourth-order valence-corrected chi connectivity index (χ4v) is 4.81. The van der Waals surface area contributed by atoms with Crippen LogP contribution in [0.3, 0.4) is 0 Å². The zero-order valence-corrected chi connectivity index (χ0v) is 14.9. The van der Waals surface area contributed by atoms with E-state index in [1.165, 1.54) is 45.1 Å². The normalized spacial score (nSPS) is 27.1. The standard InChI is InChI=1S/C19H35N3O/c1-16(17-7-9-20-10-8-17)15-19(23)22-12-4-11-21(13-14-22)18-5-2-3-6-18/h16-18,20H,2-15H2,1H3. The van der Waals surface area contributed by atoms with Crippen LogP contribution in [0.2, 0.25) is 0 Å². The molecule has 1 amide bonds. The second-order valence-electron chi connectivity index (χ2n) is 7.98. The van der Waals surface area contributed by atoms with Gasteiger partial charge in [-0.2, -0.15) is 0 Å². The Morgan fingerprint density at radius 2 is 1.74 bits per heavy atom. The minimum absolute atomic E-state index is 0.407. The Labute approximate surface area is 142 Å². The Kier molecular flexibility index (Phi) is 6.35. The molecule has 4 heteroatoms. The quantitative estimate of drug-likeness (QED) is 0.864. The summed E-state index contributed by atoms with van der Waals surface area (Å²) in [4.78, 5) is 17.5. The Balaban J connectivity index is 1.45. The second-order valence-corrected chi connectivity index (χ2v) is 7.98. The summed E-state index contributed by atoms with van der Waals surface area (Å²) in [5.74, 6) is 1.69. The fraction of sp³-hybridized carbons (Fsp3) is 0.947. The summed E-state index contributed by atoms with van der Waals surface area (Å²) in [6.07, 6.45) is 9.95. The average Bonchev–Trinajstić information content (AvgIpc) is 3.00. The molecule has 2 heterocycles. The van der Waals surface area contributed by atoms with Crippen molar-refractivity contribution in [1.82, 2.24) is 15.1 Å². The first kappa shape index (κ1) is 17.2. The zero-order chi connectivity index (χ0) is 16.1. The minimum atomic E-state index is 0.407. The predicted octanol–water partition coefficient (Wildman–Crippen LogP) is 2.49. The third-order valence-electron chi connectivity index (χ3n) is 6.41. The highest BCUT2D eigenvalue weighted by Crippen LogP contribution is 2.26. The van der Waals surface area contributed by atoms with Crippen molar-refractivity contribution in [1.29, 1.82) is 0 Å². The van der Waals surface area contributed by atoms with Crippen LogP contribution >= 0.6 is 0 Å². The van der Waals surface area contributed by atoms with Gasteiger partial charge in [0.2, 0.25) is 5.91 Å². The number of hydrogen-bond donors (Lipinski definition) is 1. The lowest BCUT2D eigenvalue weighted by Gasteiger charge is -2.30. The number of hydrogen-bond acceptors (Lipinski definition) is 3. The van der Waals surface area contributed by atoms with Crippen LogP contribution in [0.1, 0.15) is 58.3 Å². The Morgan fingerprint density at radius 3 is 2.48 bits per heavy atom. The van der Waals surface area contributed by atoms with E-state index in [2.05, 4.69) is 22.0 Å². The molecule has 3 aliphatic rings. The Bertz CT molecular complexity index is 375. The summed E-state index contributed by atoms with van der Waals surface area (Å²) < 4.78 is 0. The molecular weight excluding hydrogens is 286 g/mol. The first-order chi connectivity index (χ1) is 11.2. The molecule has 0 spiro atoms. The molecule has 0 aromatic rings. The highest BCUT2D eigenvalue weighted by atomic mass is 16.2. The summed E-state index contributed by atoms with van der Waals surface area (Å²) in [6, 6.07) is 0.804. The van der Waals surface area contributed by atoms with Gasteiger partial charge in [0.05, 0.1) is 0 Å². The van der Waals surface area contributed by atoms with Crippen molar-refractivity contribution >= 4 is 5.91 Å². The molecule has 1 N–H and O–H groups in total. The molecule has 3 fully saturated rings. The molecule has 23 heavy (non-hydrogen) atoms. The van der Waals surface area contributed by atoms with Crippen molar-refractivity contribution in [3.05, 3.63) is 0 Å². The zero-order valence-electron chi connectivity index (χ0n) is 14.9. The van der Waals surface area contributed by atoms with E-state index < -0.39 is 0 Å². The molecule has 3 rings (SSSR count). The van der Waals surface area contributed by atoms with Gasteiger partial charge in [0.1, 0.15) is 0 Å². The minimum Gasteiger partial charge on any atom is -0.341 e. The van der Waals surface area contributed by atoms with Crippen molar-refractivity contribution < 1.29 is 4.79 Å². The van der Waals surface area contributed by atoms with Gasteiger partial charge in [0, 0.05) is 38.6 Å². The van der Waals surface area contributed by atoms with Crippen LogP contribution in [-0.4, -0.2) is 61.0 Å². The summed E-state index contributed by atoms with van der Waals surface area (Å²) in [6.45, 7) is 8.76. The van der Waals surface area contributed by atoms with Crippen LogP contribution in [0.15, 0.2) is 0 Å². The van der Waals surface area contributed by atoms with Gasteiger partial charge in [-0.15, -0.1) is 0 Å². The van der Waals surface area contributed by atoms with Gasteiger partial charge >= 0.3 is 0 Å². The van der Waals surface area contributed by atoms with Crippen LogP contribution < -0.4 is 5.32 Å². The summed E-state index contributed by atoms with van der Waals surface area (Å²) in [7, 11) is 0. The molecule has 0 bridgehead atoms. The van der Waals surface area contributed by atoms with Gasteiger partial charge in [-0.05, 0) is 57.0 Å². The van der Waals surface area contributed by atoms with E-state index in [1.807, 2.05) is 0 Å². The Hall–Kier alpha value is -0.610. The molecule has 1 aliphatic carbocycles. The van der Waals surface area contributed by atoms with Crippen LogP contribution in [0.25, 0.3) is 0 Å². The van der Waals surface area contributed by atoms with E-state index in [-0.39, 0.29) is 0 Å². The maximum atomic E-state index is 12.7. The van der Waals surface area contributed by atoms with Crippen molar-refractivity contribution in [3.63, 3.8) is 0 Å². The van der Waals surface area contributed by atoms with Crippen molar-refractivity contribution in [2.45, 2.75) is 64.3 Å². The fourth-order valence-electron chi connectivity index (χ4n) is 4.81. The van der Waals surface area contributed by atoms with E-state index in [1.54, 1.807) is 0 Å². The molecule has 1 atom stereocenters. The molecule has 0 aromatic carbocycles. The van der Waals surface area contributed by atoms with Crippen LogP contribution in [0.5, 0.6) is 0 Å². The van der Waals surface area contributed by atoms with Gasteiger partial charge in [-0.3, -0.25) is 9.69 Å². The van der Waals surface area contributed by atoms with Crippen molar-refractivity contribution in [2.24, 2.45) is 11.8 Å². The highest BCUT2D eigenvalue weighted by Gasteiger charge is 2.28. The lowest BCUT2D eigenvalue weighted by atomic mass is 9.84. The van der Waals surface area contributed by atoms with E-state index in [0.717, 1.165) is 57.5 Å². The van der Waals surface area contributed by atoms with E-state index in [0.29, 0.717) is 11.8 Å². The Morgan fingerprint density at radius 1 is 1.00 bits per heavy atom. The monoisotopic (exact) mass is 321 g/mol. The third kappa shape index (κ3) is 4.69. The van der Waals surface area contributed by atoms with Gasteiger partial charge in [0.15, 0.2) is 0 Å². The molecule has 1 unspecified atom stereocenters. The maximum Gasteiger partial charge on any atom is 0.222 e. The first-order valence-electron chi connectivity index (χ1n) is 9.96. The number of nitrogens with zero attached hydrogens (tertiary/aromatic N) is 2. The van der Waals surface area contributed by atoms with E-state index in [4.69, 9.17) is 0 Å². The first-order valence-corrected chi connectivity index (χ1v) is 9.96. The van der Waals surface area contributed by atoms with Crippen LogP contribution in [-0.2, 0) is 4.79 Å². The molecule has 1 saturated carbocycles. The number of rotatable bonds is 4. The number of carbonyl (C=O) groups is 1. The van der Waals surface area contributed by atoms with Gasteiger partial charge < -0.3 is 10.2 Å². The number of piperidine rings is 1. The lowest BCUT2D eigenvalue weighted by Crippen LogP contribution is -2.39. The van der Waals surface area contributed by atoms with Crippen LogP contribution in [0, 0.1) is 11.8 Å². The summed E-state index contributed by atoms with van der Waals surface area (Å²) in [5, 5.41) is 3.43. The smallest absolute Gasteiger partial charge is 0.222 e. The van der Waals surface area contributed by atoms with Gasteiger partial charge in [0.25, 0.3) is 0 Å². The molecule has 0 radical (unpaired) electrons. The van der Waals surface area contributed by atoms with Gasteiger partial charge in [-0.25, -0.2) is 0 Å². The molecule has 2 aliphatic heterocycles. The van der Waals surface area contributed by atoms with E-state index >= 15 is 0 Å². The van der Waals surface area contributed by atoms with Crippen molar-refractivity contribution in [3.8, 4) is 0 Å². The molecule has 0 aromatic heterocycles. The topological polar surface area (TPSA) is 35.6 Å². The molecule has 4 nitrogen and oxygen atoms in total. The second kappa shape index (κ2) is 8.48. The number of carbonyl (C=O) groups excluding carboxylic acids is 1. The number of nitrogens with one attached hydrogen (secondary N) is 1. The molecular formula is C19H35N3O. The average molecular weight is 322 g/mol. The lowest BCUT2D eigenvalue weighted by molar-refractivity contribution is -0.132. The third-order valence-corrected chi connectivity index (χ3v) is 6.41.